The van der Waals surface area contributed by atoms with Crippen molar-refractivity contribution in [1.82, 2.24) is 0 Å². The molecule has 0 aliphatic carbocycles. The Balaban J connectivity index is 1.94. The Morgan fingerprint density at radius 1 is 1.10 bits per heavy atom. The van der Waals surface area contributed by atoms with Crippen molar-refractivity contribution in [2.24, 2.45) is 0 Å². The summed E-state index contributed by atoms with van der Waals surface area (Å²) < 4.78 is 10.7. The van der Waals surface area contributed by atoms with Crippen LogP contribution in [0, 0.1) is 0 Å². The normalized spacial score (nSPS) is 18.1. The van der Waals surface area contributed by atoms with Crippen LogP contribution in [0.1, 0.15) is 17.4 Å². The number of aliphatic hydroxyl groups excluding tert-OH is 1. The maximum Gasteiger partial charge on any atom is 0.300 e. The van der Waals surface area contributed by atoms with E-state index in [-0.39, 0.29) is 16.2 Å². The molecule has 4 rings (SSSR count). The summed E-state index contributed by atoms with van der Waals surface area (Å²) in [5, 5.41) is 11.7. The number of methoxy groups -OCH3 is 1. The average molecular weight is 444 g/mol. The van der Waals surface area contributed by atoms with Crippen molar-refractivity contribution in [2.75, 3.05) is 12.0 Å². The van der Waals surface area contributed by atoms with E-state index >= 15 is 0 Å². The molecule has 3 aromatic rings. The van der Waals surface area contributed by atoms with E-state index in [1.807, 2.05) is 0 Å². The minimum atomic E-state index is -0.983. The Morgan fingerprint density at radius 3 is 2.47 bits per heavy atom. The van der Waals surface area contributed by atoms with Gasteiger partial charge in [0.1, 0.15) is 23.3 Å². The van der Waals surface area contributed by atoms with Gasteiger partial charge in [0.15, 0.2) is 0 Å². The summed E-state index contributed by atoms with van der Waals surface area (Å²) in [4.78, 5) is 27.2. The van der Waals surface area contributed by atoms with Gasteiger partial charge in [0.2, 0.25) is 0 Å². The first-order chi connectivity index (χ1) is 14.4. The maximum atomic E-state index is 13.0. The quantitative estimate of drug-likeness (QED) is 0.339. The molecule has 1 unspecified atom stereocenters. The number of benzene rings is 2. The third kappa shape index (κ3) is 3.34. The van der Waals surface area contributed by atoms with Gasteiger partial charge in [0, 0.05) is 16.3 Å². The number of amides is 1. The molecule has 1 amide bonds. The third-order valence-electron chi connectivity index (χ3n) is 4.79. The Hall–Kier alpha value is -3.22. The van der Waals surface area contributed by atoms with Crippen LogP contribution in [0.15, 0.2) is 70.9 Å². The van der Waals surface area contributed by atoms with Crippen LogP contribution in [0.5, 0.6) is 5.75 Å². The number of furan rings is 1. The van der Waals surface area contributed by atoms with Crippen LogP contribution >= 0.6 is 23.2 Å². The number of rotatable bonds is 4. The second-order valence-corrected chi connectivity index (χ2v) is 7.35. The highest BCUT2D eigenvalue weighted by molar-refractivity contribution is 6.52. The molecule has 1 aliphatic heterocycles. The number of ether oxygens (including phenoxy) is 1. The zero-order valence-corrected chi connectivity index (χ0v) is 17.1. The summed E-state index contributed by atoms with van der Waals surface area (Å²) in [6, 6.07) is 13.4. The van der Waals surface area contributed by atoms with Gasteiger partial charge < -0.3 is 14.3 Å². The topological polar surface area (TPSA) is 80.0 Å². The zero-order chi connectivity index (χ0) is 21.4. The number of hydrogen-bond donors (Lipinski definition) is 1. The number of carbonyl (C=O) groups is 2. The van der Waals surface area contributed by atoms with E-state index < -0.39 is 23.5 Å². The molecule has 8 heteroatoms. The first-order valence-corrected chi connectivity index (χ1v) is 9.62. The predicted octanol–water partition coefficient (Wildman–Crippen LogP) is 5.22. The second-order valence-electron chi connectivity index (χ2n) is 6.51. The molecular formula is C22H15Cl2NO5. The predicted molar refractivity (Wildman–Crippen MR) is 113 cm³/mol. The van der Waals surface area contributed by atoms with Crippen molar-refractivity contribution >= 4 is 46.3 Å². The highest BCUT2D eigenvalue weighted by atomic mass is 35.5. The minimum absolute atomic E-state index is 0.139. The van der Waals surface area contributed by atoms with Gasteiger partial charge in [0.05, 0.1) is 24.0 Å². The molecule has 1 N–H and O–H groups in total. The van der Waals surface area contributed by atoms with E-state index in [2.05, 4.69) is 0 Å². The number of Topliss-reactive ketones (excluding diaryl/α,β-unsaturated/α-hetero) is 1. The lowest BCUT2D eigenvalue weighted by molar-refractivity contribution is -0.132. The van der Waals surface area contributed by atoms with Crippen LogP contribution < -0.4 is 9.64 Å². The molecule has 0 spiro atoms. The molecule has 1 saturated heterocycles. The number of anilines is 1. The van der Waals surface area contributed by atoms with Gasteiger partial charge in [-0.15, -0.1) is 0 Å². The molecular weight excluding hydrogens is 429 g/mol. The highest BCUT2D eigenvalue weighted by Gasteiger charge is 2.48. The van der Waals surface area contributed by atoms with E-state index in [1.54, 1.807) is 42.5 Å². The molecule has 152 valence electrons. The van der Waals surface area contributed by atoms with Gasteiger partial charge in [0.25, 0.3) is 11.7 Å². The molecule has 1 fully saturated rings. The molecule has 2 heterocycles. The number of carbonyl (C=O) groups excluding carboxylic acids is 2. The van der Waals surface area contributed by atoms with Crippen LogP contribution in [0.3, 0.4) is 0 Å². The van der Waals surface area contributed by atoms with Crippen molar-refractivity contribution in [3.63, 3.8) is 0 Å². The first kappa shape index (κ1) is 20.1. The fraction of sp³-hybridized carbons (Fsp3) is 0.0909. The highest BCUT2D eigenvalue weighted by Crippen LogP contribution is 2.43. The van der Waals surface area contributed by atoms with Gasteiger partial charge in [-0.2, -0.15) is 0 Å². The van der Waals surface area contributed by atoms with E-state index in [4.69, 9.17) is 32.4 Å². The number of aliphatic hydroxyl groups is 1. The first-order valence-electron chi connectivity index (χ1n) is 8.86. The van der Waals surface area contributed by atoms with E-state index in [0.717, 1.165) is 0 Å². The summed E-state index contributed by atoms with van der Waals surface area (Å²) in [7, 11) is 1.47. The minimum Gasteiger partial charge on any atom is -0.507 e. The van der Waals surface area contributed by atoms with Crippen molar-refractivity contribution < 1.29 is 23.8 Å². The van der Waals surface area contributed by atoms with Crippen LogP contribution in [0.4, 0.5) is 5.69 Å². The fourth-order valence-electron chi connectivity index (χ4n) is 3.37. The summed E-state index contributed by atoms with van der Waals surface area (Å²) in [6.45, 7) is 0. The van der Waals surface area contributed by atoms with Crippen LogP contribution in [-0.4, -0.2) is 23.9 Å². The fourth-order valence-corrected chi connectivity index (χ4v) is 3.71. The molecule has 0 saturated carbocycles. The molecule has 1 atom stereocenters. The van der Waals surface area contributed by atoms with Crippen molar-refractivity contribution in [1.29, 1.82) is 0 Å². The van der Waals surface area contributed by atoms with Gasteiger partial charge in [-0.05, 0) is 54.6 Å². The van der Waals surface area contributed by atoms with Crippen molar-refractivity contribution in [3.8, 4) is 5.75 Å². The molecule has 30 heavy (non-hydrogen) atoms. The molecule has 2 aromatic carbocycles. The van der Waals surface area contributed by atoms with E-state index in [9.17, 15) is 14.7 Å². The maximum absolute atomic E-state index is 13.0. The lowest BCUT2D eigenvalue weighted by atomic mass is 9.99. The number of halogens is 2. The largest absolute Gasteiger partial charge is 0.507 e. The van der Waals surface area contributed by atoms with Gasteiger partial charge in [-0.3, -0.25) is 14.5 Å². The zero-order valence-electron chi connectivity index (χ0n) is 15.6. The van der Waals surface area contributed by atoms with Gasteiger partial charge in [-0.1, -0.05) is 23.2 Å². The van der Waals surface area contributed by atoms with E-state index in [1.165, 1.54) is 30.4 Å². The monoisotopic (exact) mass is 443 g/mol. The molecule has 0 bridgehead atoms. The smallest absolute Gasteiger partial charge is 0.300 e. The van der Waals surface area contributed by atoms with Gasteiger partial charge in [-0.25, -0.2) is 0 Å². The lowest BCUT2D eigenvalue weighted by Crippen LogP contribution is -2.29. The Kier molecular flexibility index (Phi) is 5.28. The number of hydrogen-bond acceptors (Lipinski definition) is 5. The standard InChI is InChI=1S/C22H15Cl2NO5/c1-29-14-8-9-16(24)15(11-14)20(26)18-19(17-3-2-10-30-17)25(22(28)21(18)27)13-6-4-12(23)5-7-13/h2-11,19,26H,1H3/b20-18-. The summed E-state index contributed by atoms with van der Waals surface area (Å²) >= 11 is 12.2. The van der Waals surface area contributed by atoms with Gasteiger partial charge >= 0.3 is 0 Å². The summed E-state index contributed by atoms with van der Waals surface area (Å²) in [5.41, 5.74) is 0.459. The molecule has 1 aliphatic rings. The third-order valence-corrected chi connectivity index (χ3v) is 5.37. The Labute approximate surface area is 181 Å². The van der Waals surface area contributed by atoms with Crippen LogP contribution in [0.2, 0.25) is 10.0 Å². The molecule has 0 radical (unpaired) electrons. The van der Waals surface area contributed by atoms with Crippen molar-refractivity contribution in [3.05, 3.63) is 87.8 Å². The number of ketones is 1. The SMILES string of the molecule is COc1ccc(Cl)c(/C(O)=C2/C(=O)C(=O)N(c3ccc(Cl)cc3)C2c2ccco2)c1. The average Bonchev–Trinajstić information content (AvgIpc) is 3.36. The Morgan fingerprint density at radius 2 is 1.83 bits per heavy atom. The molecule has 1 aromatic heterocycles. The Bertz CT molecular complexity index is 1150. The van der Waals surface area contributed by atoms with Crippen molar-refractivity contribution in [2.45, 2.75) is 6.04 Å². The van der Waals surface area contributed by atoms with E-state index in [0.29, 0.717) is 22.2 Å². The summed E-state index contributed by atoms with van der Waals surface area (Å²) in [6.07, 6.45) is 1.43. The second kappa shape index (κ2) is 7.89. The lowest BCUT2D eigenvalue weighted by Gasteiger charge is -2.23. The summed E-state index contributed by atoms with van der Waals surface area (Å²) in [5.74, 6) is -1.34. The number of nitrogens with zero attached hydrogens (tertiary/aromatic N) is 1. The van der Waals surface area contributed by atoms with Crippen LogP contribution in [0.25, 0.3) is 5.76 Å². The van der Waals surface area contributed by atoms with Crippen LogP contribution in [-0.2, 0) is 9.59 Å². The molecule has 6 nitrogen and oxygen atoms in total.